The summed E-state index contributed by atoms with van der Waals surface area (Å²) in [4.78, 5) is 101. The van der Waals surface area contributed by atoms with Crippen molar-refractivity contribution >= 4 is 52.1 Å². The minimum absolute atomic E-state index is 0.0177. The number of benzene rings is 3. The molecular formula is C49H67N9O11. The number of hydrogen-bond donors (Lipinski definition) is 10. The van der Waals surface area contributed by atoms with Crippen molar-refractivity contribution in [2.24, 2.45) is 11.5 Å². The zero-order valence-corrected chi connectivity index (χ0v) is 39.2. The highest BCUT2D eigenvalue weighted by Crippen LogP contribution is 2.26. The van der Waals surface area contributed by atoms with Gasteiger partial charge in [0.1, 0.15) is 47.8 Å². The van der Waals surface area contributed by atoms with E-state index in [1.807, 2.05) is 18.2 Å². The molecular weight excluding hydrogens is 891 g/mol. The van der Waals surface area contributed by atoms with Crippen LogP contribution < -0.4 is 42.8 Å². The SMILES string of the molecule is CCCCCCOc1ccc2cc(C(=O)N[C@H]3CCCNC(=O)[C@@H]4C[C@H](N)CN4C(=O)[C@H]([C@H](C)O)NC(=O)[C@H](CCc4ccc(O)cc4)NC(=O)[C@@H]4CC[C@H](N)N4C(=O)[C@H](CO)NC3=O)ccc2c1. The highest BCUT2D eigenvalue weighted by molar-refractivity contribution is 6.02. The zero-order chi connectivity index (χ0) is 49.8. The van der Waals surface area contributed by atoms with Crippen molar-refractivity contribution in [3.63, 3.8) is 0 Å². The number of ether oxygens (including phenoxy) is 1. The third kappa shape index (κ3) is 13.5. The van der Waals surface area contributed by atoms with E-state index < -0.39 is 103 Å². The van der Waals surface area contributed by atoms with Gasteiger partial charge in [-0.25, -0.2) is 0 Å². The number of nitrogens with one attached hydrogen (secondary N) is 5. The molecule has 3 saturated heterocycles. The van der Waals surface area contributed by atoms with Gasteiger partial charge in [-0.05, 0) is 111 Å². The first kappa shape index (κ1) is 52.0. The van der Waals surface area contributed by atoms with Gasteiger partial charge in [-0.15, -0.1) is 0 Å². The van der Waals surface area contributed by atoms with Crippen LogP contribution in [0.1, 0.15) is 94.0 Å². The minimum Gasteiger partial charge on any atom is -0.508 e. The van der Waals surface area contributed by atoms with Gasteiger partial charge in [0.15, 0.2) is 0 Å². The summed E-state index contributed by atoms with van der Waals surface area (Å²) in [5.74, 6) is -4.61. The van der Waals surface area contributed by atoms with Gasteiger partial charge < -0.3 is 67.9 Å². The highest BCUT2D eigenvalue weighted by Gasteiger charge is 2.45. The molecule has 3 heterocycles. The second-order valence-electron chi connectivity index (χ2n) is 18.2. The lowest BCUT2D eigenvalue weighted by molar-refractivity contribution is -0.145. The molecule has 20 heteroatoms. The van der Waals surface area contributed by atoms with E-state index in [0.717, 1.165) is 41.4 Å². The lowest BCUT2D eigenvalue weighted by Crippen LogP contribution is -2.62. The van der Waals surface area contributed by atoms with Crippen molar-refractivity contribution < 1.29 is 53.6 Å². The van der Waals surface area contributed by atoms with Crippen molar-refractivity contribution in [2.45, 2.75) is 139 Å². The van der Waals surface area contributed by atoms with Crippen LogP contribution in [0.3, 0.4) is 0 Å². The number of phenols is 1. The van der Waals surface area contributed by atoms with E-state index in [1.165, 1.54) is 24.0 Å². The monoisotopic (exact) mass is 957 g/mol. The molecule has 0 unspecified atom stereocenters. The van der Waals surface area contributed by atoms with Gasteiger partial charge in [-0.2, -0.15) is 0 Å². The smallest absolute Gasteiger partial charge is 0.251 e. The number of phenolic OH excluding ortho intramolecular Hbond substituents is 1. The lowest BCUT2D eigenvalue weighted by atomic mass is 10.0. The van der Waals surface area contributed by atoms with Gasteiger partial charge in [0.2, 0.25) is 35.4 Å². The molecule has 0 aromatic heterocycles. The van der Waals surface area contributed by atoms with Crippen molar-refractivity contribution in [3.05, 3.63) is 71.8 Å². The van der Waals surface area contributed by atoms with Crippen molar-refractivity contribution in [1.82, 2.24) is 36.4 Å². The lowest BCUT2D eigenvalue weighted by Gasteiger charge is -2.33. The van der Waals surface area contributed by atoms with Crippen LogP contribution in [0.5, 0.6) is 11.5 Å². The van der Waals surface area contributed by atoms with Crippen molar-refractivity contribution in [2.75, 3.05) is 26.3 Å². The molecule has 0 spiro atoms. The Bertz CT molecular complexity index is 2310. The Balaban J connectivity index is 1.27. The average molecular weight is 958 g/mol. The number of fused-ring (bicyclic) bond motifs is 3. The first-order valence-corrected chi connectivity index (χ1v) is 23.9. The van der Waals surface area contributed by atoms with Gasteiger partial charge >= 0.3 is 0 Å². The molecule has 9 atom stereocenters. The number of nitrogens with two attached hydrogens (primary N) is 2. The van der Waals surface area contributed by atoms with Gasteiger partial charge in [0, 0.05) is 24.7 Å². The number of aliphatic hydroxyl groups excluding tert-OH is 2. The molecule has 6 rings (SSSR count). The van der Waals surface area contributed by atoms with Crippen LogP contribution in [0, 0.1) is 0 Å². The standard InChI is InChI=1S/C49H67N9O11/c1-3-4-5-6-22-69-35-17-14-30-23-32(13-12-31(30)24-35)43(62)53-36-8-7-21-52-46(65)40-25-33(50)26-57(40)49(68)42(28(2)60)56-45(64)37(18-11-29-9-15-34(61)16-10-29)54-47(66)39-19-20-41(51)58(39)48(67)38(27-59)55-44(36)63/h9-10,12-17,23-24,28,33,36-42,59-61H,3-8,11,18-22,25-27,50-51H2,1-2H3,(H,52,65)(H,53,62)(H,54,66)(H,55,63)(H,56,64)/t28-,33-,36-,37-,38-,39-,40-,41+,42-/m0/s1. The largest absolute Gasteiger partial charge is 0.508 e. The number of amides is 7. The van der Waals surface area contributed by atoms with Gasteiger partial charge in [-0.1, -0.05) is 50.5 Å². The summed E-state index contributed by atoms with van der Waals surface area (Å²) in [6.45, 7) is 3.04. The predicted molar refractivity (Wildman–Crippen MR) is 254 cm³/mol. The summed E-state index contributed by atoms with van der Waals surface area (Å²) < 4.78 is 5.93. The maximum absolute atomic E-state index is 14.2. The normalized spacial score (nSPS) is 25.9. The molecule has 3 aromatic carbocycles. The molecule has 3 fully saturated rings. The van der Waals surface area contributed by atoms with E-state index in [0.29, 0.717) is 17.9 Å². The number of aliphatic hydroxyl groups is 2. The minimum atomic E-state index is -1.61. The number of unbranched alkanes of at least 4 members (excludes halogenated alkanes) is 3. The number of nitrogens with zero attached hydrogens (tertiary/aromatic N) is 2. The van der Waals surface area contributed by atoms with Crippen LogP contribution in [0.4, 0.5) is 0 Å². The molecule has 20 nitrogen and oxygen atoms in total. The first-order valence-electron chi connectivity index (χ1n) is 23.9. The van der Waals surface area contributed by atoms with Crippen LogP contribution in [-0.2, 0) is 35.2 Å². The Hall–Kier alpha value is -6.35. The van der Waals surface area contributed by atoms with Gasteiger partial charge in [0.25, 0.3) is 5.91 Å². The molecule has 0 saturated carbocycles. The van der Waals surface area contributed by atoms with Crippen LogP contribution in [-0.4, -0.2) is 147 Å². The molecule has 7 amide bonds. The average Bonchev–Trinajstić information content (AvgIpc) is 3.93. The van der Waals surface area contributed by atoms with E-state index in [9.17, 15) is 48.9 Å². The maximum atomic E-state index is 14.2. The fourth-order valence-corrected chi connectivity index (χ4v) is 9.06. The molecule has 0 radical (unpaired) electrons. The highest BCUT2D eigenvalue weighted by atomic mass is 16.5. The van der Waals surface area contributed by atoms with E-state index in [4.69, 9.17) is 16.2 Å². The van der Waals surface area contributed by atoms with Crippen LogP contribution in [0.15, 0.2) is 60.7 Å². The third-order valence-electron chi connectivity index (χ3n) is 13.0. The molecule has 3 aromatic rings. The number of rotatable bonds is 13. The number of carbonyl (C=O) groups excluding carboxylic acids is 7. The topological polar surface area (TPSA) is 308 Å². The summed E-state index contributed by atoms with van der Waals surface area (Å²) in [5.41, 5.74) is 13.6. The number of aryl methyl sites for hydroxylation is 1. The van der Waals surface area contributed by atoms with E-state index in [1.54, 1.807) is 30.3 Å². The van der Waals surface area contributed by atoms with E-state index >= 15 is 0 Å². The Morgan fingerprint density at radius 1 is 0.826 bits per heavy atom. The Morgan fingerprint density at radius 3 is 2.28 bits per heavy atom. The van der Waals surface area contributed by atoms with E-state index in [-0.39, 0.29) is 69.3 Å². The molecule has 0 bridgehead atoms. The first-order chi connectivity index (χ1) is 33.1. The van der Waals surface area contributed by atoms with Crippen LogP contribution >= 0.6 is 0 Å². The second kappa shape index (κ2) is 24.3. The fourth-order valence-electron chi connectivity index (χ4n) is 9.06. The molecule has 374 valence electrons. The molecule has 3 aliphatic rings. The fraction of sp³-hybridized carbons (Fsp3) is 0.531. The number of hydrogen-bond acceptors (Lipinski definition) is 13. The summed E-state index contributed by atoms with van der Waals surface area (Å²) in [6, 6.07) is 7.99. The Labute approximate surface area is 401 Å². The molecule has 69 heavy (non-hydrogen) atoms. The maximum Gasteiger partial charge on any atom is 0.251 e. The van der Waals surface area contributed by atoms with Crippen LogP contribution in [0.25, 0.3) is 10.8 Å². The summed E-state index contributed by atoms with van der Waals surface area (Å²) in [7, 11) is 0. The molecule has 0 aliphatic carbocycles. The Morgan fingerprint density at radius 2 is 1.55 bits per heavy atom. The molecule has 3 aliphatic heterocycles. The summed E-state index contributed by atoms with van der Waals surface area (Å²) in [5, 5.41) is 46.2. The van der Waals surface area contributed by atoms with Crippen molar-refractivity contribution in [3.8, 4) is 11.5 Å². The quantitative estimate of drug-likeness (QED) is 0.102. The van der Waals surface area contributed by atoms with Crippen LogP contribution in [0.2, 0.25) is 0 Å². The molecule has 12 N–H and O–H groups in total. The predicted octanol–water partition coefficient (Wildman–Crippen LogP) is 0.177. The number of aromatic hydroxyl groups is 1. The zero-order valence-electron chi connectivity index (χ0n) is 39.2. The second-order valence-corrected chi connectivity index (χ2v) is 18.2. The Kier molecular flexibility index (Phi) is 18.3. The summed E-state index contributed by atoms with van der Waals surface area (Å²) in [6.07, 6.45) is 2.30. The van der Waals surface area contributed by atoms with Gasteiger partial charge in [-0.3, -0.25) is 33.6 Å². The third-order valence-corrected chi connectivity index (χ3v) is 13.0. The van der Waals surface area contributed by atoms with Crippen molar-refractivity contribution in [1.29, 1.82) is 0 Å². The van der Waals surface area contributed by atoms with Gasteiger partial charge in [0.05, 0.1) is 25.5 Å². The number of carbonyl (C=O) groups is 7. The summed E-state index contributed by atoms with van der Waals surface area (Å²) >= 11 is 0. The van der Waals surface area contributed by atoms with E-state index in [2.05, 4.69) is 33.5 Å².